The van der Waals surface area contributed by atoms with Crippen LogP contribution in [-0.4, -0.2) is 29.3 Å². The molecule has 2 aromatic carbocycles. The number of rotatable bonds is 6. The van der Waals surface area contributed by atoms with Crippen LogP contribution in [0.3, 0.4) is 0 Å². The van der Waals surface area contributed by atoms with Crippen molar-refractivity contribution in [1.82, 2.24) is 10.2 Å². The Hall–Kier alpha value is -2.66. The summed E-state index contributed by atoms with van der Waals surface area (Å²) in [5.41, 5.74) is 7.46. The van der Waals surface area contributed by atoms with Gasteiger partial charge in [0.1, 0.15) is 6.04 Å². The number of hydrogen-bond donors (Lipinski definition) is 2. The highest BCUT2D eigenvalue weighted by Gasteiger charge is 2.32. The van der Waals surface area contributed by atoms with Gasteiger partial charge in [-0.2, -0.15) is 0 Å². The van der Waals surface area contributed by atoms with Gasteiger partial charge in [-0.1, -0.05) is 60.7 Å². The largest absolute Gasteiger partial charge is 0.368 e. The summed E-state index contributed by atoms with van der Waals surface area (Å²) >= 11 is 0. The molecule has 5 heteroatoms. The van der Waals surface area contributed by atoms with Crippen LogP contribution in [0.2, 0.25) is 0 Å². The highest BCUT2D eigenvalue weighted by atomic mass is 16.2. The molecule has 124 valence electrons. The minimum Gasteiger partial charge on any atom is -0.368 e. The summed E-state index contributed by atoms with van der Waals surface area (Å²) < 4.78 is 0. The summed E-state index contributed by atoms with van der Waals surface area (Å²) in [6.07, 6.45) is 0.378. The molecule has 0 saturated carbocycles. The van der Waals surface area contributed by atoms with Crippen LogP contribution in [0.15, 0.2) is 60.7 Å². The van der Waals surface area contributed by atoms with Crippen molar-refractivity contribution in [2.45, 2.75) is 25.0 Å². The summed E-state index contributed by atoms with van der Waals surface area (Å²) in [6, 6.07) is 18.6. The van der Waals surface area contributed by atoms with E-state index in [9.17, 15) is 9.59 Å². The SMILES string of the molecule is NC(=O)[C@H](N[C@@H]1CC(=O)N(Cc2ccccc2)C1)c1ccccc1. The molecule has 1 heterocycles. The third-order valence-electron chi connectivity index (χ3n) is 4.25. The predicted molar refractivity (Wildman–Crippen MR) is 91.8 cm³/mol. The molecule has 5 nitrogen and oxygen atoms in total. The highest BCUT2D eigenvalue weighted by molar-refractivity contribution is 5.82. The van der Waals surface area contributed by atoms with E-state index in [1.807, 2.05) is 65.6 Å². The maximum atomic E-state index is 12.2. The summed E-state index contributed by atoms with van der Waals surface area (Å²) in [7, 11) is 0. The van der Waals surface area contributed by atoms with E-state index in [2.05, 4.69) is 5.32 Å². The molecule has 0 radical (unpaired) electrons. The predicted octanol–water partition coefficient (Wildman–Crippen LogP) is 1.60. The number of nitrogens with zero attached hydrogens (tertiary/aromatic N) is 1. The Bertz CT molecular complexity index is 703. The summed E-state index contributed by atoms with van der Waals surface area (Å²) in [5, 5.41) is 3.24. The van der Waals surface area contributed by atoms with Crippen molar-refractivity contribution in [2.75, 3.05) is 6.54 Å². The molecule has 3 rings (SSSR count). The molecule has 2 aromatic rings. The Morgan fingerprint density at radius 1 is 1.12 bits per heavy atom. The van der Waals surface area contributed by atoms with Crippen LogP contribution in [0.5, 0.6) is 0 Å². The zero-order valence-corrected chi connectivity index (χ0v) is 13.4. The molecule has 1 saturated heterocycles. The van der Waals surface area contributed by atoms with Crippen LogP contribution >= 0.6 is 0 Å². The average molecular weight is 323 g/mol. The molecule has 0 aromatic heterocycles. The van der Waals surface area contributed by atoms with Crippen molar-refractivity contribution in [3.05, 3.63) is 71.8 Å². The molecule has 0 bridgehead atoms. The molecule has 24 heavy (non-hydrogen) atoms. The van der Waals surface area contributed by atoms with E-state index in [0.29, 0.717) is 19.5 Å². The zero-order chi connectivity index (χ0) is 16.9. The van der Waals surface area contributed by atoms with Gasteiger partial charge in [-0.05, 0) is 11.1 Å². The van der Waals surface area contributed by atoms with Gasteiger partial charge in [0.15, 0.2) is 0 Å². The second kappa shape index (κ2) is 7.27. The Morgan fingerprint density at radius 2 is 1.75 bits per heavy atom. The number of nitrogens with one attached hydrogen (secondary N) is 1. The van der Waals surface area contributed by atoms with E-state index in [4.69, 9.17) is 5.73 Å². The van der Waals surface area contributed by atoms with Crippen LogP contribution in [-0.2, 0) is 16.1 Å². The second-order valence-corrected chi connectivity index (χ2v) is 6.07. The lowest BCUT2D eigenvalue weighted by Gasteiger charge is -2.21. The Labute approximate surface area is 141 Å². The number of amides is 2. The molecule has 1 aliphatic heterocycles. The maximum absolute atomic E-state index is 12.2. The molecule has 0 spiro atoms. The molecule has 0 aliphatic carbocycles. The van der Waals surface area contributed by atoms with Crippen LogP contribution < -0.4 is 11.1 Å². The van der Waals surface area contributed by atoms with Gasteiger partial charge in [0, 0.05) is 25.6 Å². The van der Waals surface area contributed by atoms with Crippen molar-refractivity contribution < 1.29 is 9.59 Å². The van der Waals surface area contributed by atoms with Gasteiger partial charge < -0.3 is 10.6 Å². The first-order chi connectivity index (χ1) is 11.6. The van der Waals surface area contributed by atoms with Crippen molar-refractivity contribution in [3.63, 3.8) is 0 Å². The monoisotopic (exact) mass is 323 g/mol. The van der Waals surface area contributed by atoms with Gasteiger partial charge in [-0.25, -0.2) is 0 Å². The molecule has 2 atom stereocenters. The average Bonchev–Trinajstić information content (AvgIpc) is 2.94. The van der Waals surface area contributed by atoms with Gasteiger partial charge in [-0.15, -0.1) is 0 Å². The minimum absolute atomic E-state index is 0.0843. The fourth-order valence-electron chi connectivity index (χ4n) is 3.06. The number of benzene rings is 2. The van der Waals surface area contributed by atoms with Crippen molar-refractivity contribution in [3.8, 4) is 0 Å². The zero-order valence-electron chi connectivity index (χ0n) is 13.4. The van der Waals surface area contributed by atoms with Gasteiger partial charge in [0.2, 0.25) is 11.8 Å². The van der Waals surface area contributed by atoms with E-state index in [1.165, 1.54) is 0 Å². The van der Waals surface area contributed by atoms with Crippen molar-refractivity contribution in [1.29, 1.82) is 0 Å². The van der Waals surface area contributed by atoms with Gasteiger partial charge in [0.25, 0.3) is 0 Å². The fourth-order valence-corrected chi connectivity index (χ4v) is 3.06. The highest BCUT2D eigenvalue weighted by Crippen LogP contribution is 2.19. The lowest BCUT2D eigenvalue weighted by Crippen LogP contribution is -2.41. The number of carbonyl (C=O) groups is 2. The van der Waals surface area contributed by atoms with Crippen LogP contribution in [0.25, 0.3) is 0 Å². The van der Waals surface area contributed by atoms with Crippen molar-refractivity contribution in [2.24, 2.45) is 5.73 Å². The Kier molecular flexibility index (Phi) is 4.91. The summed E-state index contributed by atoms with van der Waals surface area (Å²) in [6.45, 7) is 1.16. The first-order valence-electron chi connectivity index (χ1n) is 8.05. The molecule has 1 fully saturated rings. The first kappa shape index (κ1) is 16.2. The standard InChI is InChI=1S/C19H21N3O2/c20-19(24)18(15-9-5-2-6-10-15)21-16-11-17(23)22(13-16)12-14-7-3-1-4-8-14/h1-10,16,18,21H,11-13H2,(H2,20,24)/t16-,18-/m1/s1. The van der Waals surface area contributed by atoms with E-state index in [0.717, 1.165) is 11.1 Å². The van der Waals surface area contributed by atoms with Crippen LogP contribution in [0, 0.1) is 0 Å². The van der Waals surface area contributed by atoms with Gasteiger partial charge in [-0.3, -0.25) is 14.9 Å². The second-order valence-electron chi connectivity index (χ2n) is 6.07. The third-order valence-corrected chi connectivity index (χ3v) is 4.25. The quantitative estimate of drug-likeness (QED) is 0.848. The van der Waals surface area contributed by atoms with E-state index < -0.39 is 11.9 Å². The van der Waals surface area contributed by atoms with Crippen LogP contribution in [0.4, 0.5) is 0 Å². The third kappa shape index (κ3) is 3.81. The maximum Gasteiger partial charge on any atom is 0.239 e. The van der Waals surface area contributed by atoms with E-state index in [-0.39, 0.29) is 11.9 Å². The topological polar surface area (TPSA) is 75.4 Å². The lowest BCUT2D eigenvalue weighted by molar-refractivity contribution is -0.128. The number of hydrogen-bond acceptors (Lipinski definition) is 3. The smallest absolute Gasteiger partial charge is 0.239 e. The van der Waals surface area contributed by atoms with E-state index >= 15 is 0 Å². The molecule has 3 N–H and O–H groups in total. The molecule has 1 aliphatic rings. The normalized spacial score (nSPS) is 18.6. The lowest BCUT2D eigenvalue weighted by atomic mass is 10.1. The number of primary amides is 1. The molecular formula is C19H21N3O2. The first-order valence-corrected chi connectivity index (χ1v) is 8.05. The minimum atomic E-state index is -0.583. The van der Waals surface area contributed by atoms with E-state index in [1.54, 1.807) is 0 Å². The Balaban J connectivity index is 1.65. The number of carbonyl (C=O) groups excluding carboxylic acids is 2. The van der Waals surface area contributed by atoms with Gasteiger partial charge >= 0.3 is 0 Å². The van der Waals surface area contributed by atoms with Gasteiger partial charge in [0.05, 0.1) is 0 Å². The summed E-state index contributed by atoms with van der Waals surface area (Å²) in [4.78, 5) is 25.9. The summed E-state index contributed by atoms with van der Waals surface area (Å²) in [5.74, 6) is -0.345. The van der Waals surface area contributed by atoms with Crippen LogP contribution in [0.1, 0.15) is 23.6 Å². The molecule has 2 amide bonds. The Morgan fingerprint density at radius 3 is 2.38 bits per heavy atom. The molecule has 0 unspecified atom stereocenters. The molecular weight excluding hydrogens is 302 g/mol. The fraction of sp³-hybridized carbons (Fsp3) is 0.263. The number of likely N-dealkylation sites (tertiary alicyclic amines) is 1. The van der Waals surface area contributed by atoms with Crippen molar-refractivity contribution >= 4 is 11.8 Å². The number of nitrogens with two attached hydrogens (primary N) is 1.